The Hall–Kier alpha value is -2.86. The molecule has 0 amide bonds. The van der Waals surface area contributed by atoms with Gasteiger partial charge in [-0.3, -0.25) is 0 Å². The van der Waals surface area contributed by atoms with Gasteiger partial charge in [0.1, 0.15) is 0 Å². The van der Waals surface area contributed by atoms with Crippen LogP contribution in [0.5, 0.6) is 0 Å². The maximum Gasteiger partial charge on any atom is 0.0532 e. The van der Waals surface area contributed by atoms with E-state index in [9.17, 15) is 0 Å². The van der Waals surface area contributed by atoms with Crippen molar-refractivity contribution in [2.24, 2.45) is 5.92 Å². The fourth-order valence-electron chi connectivity index (χ4n) is 5.31. The maximum atomic E-state index is 2.42. The van der Waals surface area contributed by atoms with Crippen molar-refractivity contribution in [1.82, 2.24) is 0 Å². The highest BCUT2D eigenvalue weighted by atomic mass is 14.5. The summed E-state index contributed by atoms with van der Waals surface area (Å²) in [4.78, 5) is 0. The Morgan fingerprint density at radius 3 is 2.41 bits per heavy atom. The molecule has 0 heteroatoms. The van der Waals surface area contributed by atoms with Gasteiger partial charge in [-0.25, -0.2) is 0 Å². The lowest BCUT2D eigenvalue weighted by Gasteiger charge is -2.34. The molecule has 0 aromatic heterocycles. The Morgan fingerprint density at radius 2 is 1.56 bits per heavy atom. The smallest absolute Gasteiger partial charge is 0.0532 e. The summed E-state index contributed by atoms with van der Waals surface area (Å²) in [5.41, 5.74) is 9.96. The topological polar surface area (TPSA) is 0 Å². The van der Waals surface area contributed by atoms with Gasteiger partial charge in [0, 0.05) is 0 Å². The van der Waals surface area contributed by atoms with E-state index in [1.54, 1.807) is 0 Å². The SMILES string of the molecule is C/C=C\C=C/C1Cc2ccccc2C12c1ccccc1-c1ccc(C)cc12. The summed E-state index contributed by atoms with van der Waals surface area (Å²) in [5.74, 6) is 0.426. The van der Waals surface area contributed by atoms with Crippen molar-refractivity contribution in [2.75, 3.05) is 0 Å². The van der Waals surface area contributed by atoms with Crippen molar-refractivity contribution < 1.29 is 0 Å². The molecule has 0 nitrogen and oxygen atoms in total. The van der Waals surface area contributed by atoms with Crippen molar-refractivity contribution in [2.45, 2.75) is 25.7 Å². The van der Waals surface area contributed by atoms with Crippen LogP contribution in [0.15, 0.2) is 91.0 Å². The first-order valence-corrected chi connectivity index (χ1v) is 9.85. The van der Waals surface area contributed by atoms with Gasteiger partial charge in [-0.2, -0.15) is 0 Å². The van der Waals surface area contributed by atoms with Crippen molar-refractivity contribution in [3.05, 3.63) is 119 Å². The molecule has 0 bridgehead atoms. The van der Waals surface area contributed by atoms with Crippen LogP contribution in [0.25, 0.3) is 11.1 Å². The Bertz CT molecular complexity index is 1080. The van der Waals surface area contributed by atoms with Crippen molar-refractivity contribution in [3.8, 4) is 11.1 Å². The van der Waals surface area contributed by atoms with E-state index in [0.29, 0.717) is 5.92 Å². The van der Waals surface area contributed by atoms with E-state index in [0.717, 1.165) is 6.42 Å². The van der Waals surface area contributed by atoms with E-state index in [2.05, 4.69) is 105 Å². The molecule has 5 rings (SSSR count). The van der Waals surface area contributed by atoms with Crippen molar-refractivity contribution in [3.63, 3.8) is 0 Å². The highest BCUT2D eigenvalue weighted by Gasteiger charge is 2.53. The first-order chi connectivity index (χ1) is 13.3. The number of allylic oxidation sites excluding steroid dienone is 4. The number of aryl methyl sites for hydroxylation is 1. The van der Waals surface area contributed by atoms with Crippen molar-refractivity contribution >= 4 is 0 Å². The summed E-state index contributed by atoms with van der Waals surface area (Å²) in [6.45, 7) is 4.29. The van der Waals surface area contributed by atoms with E-state index < -0.39 is 0 Å². The van der Waals surface area contributed by atoms with Crippen LogP contribution in [0.2, 0.25) is 0 Å². The fourth-order valence-corrected chi connectivity index (χ4v) is 5.31. The minimum absolute atomic E-state index is 0.0768. The van der Waals surface area contributed by atoms with Gasteiger partial charge in [-0.05, 0) is 59.6 Å². The molecule has 1 spiro atoms. The van der Waals surface area contributed by atoms with Gasteiger partial charge >= 0.3 is 0 Å². The average Bonchev–Trinajstić information content (AvgIpc) is 3.17. The summed E-state index contributed by atoms with van der Waals surface area (Å²) < 4.78 is 0. The van der Waals surface area contributed by atoms with Crippen LogP contribution >= 0.6 is 0 Å². The molecule has 2 atom stereocenters. The Kier molecular flexibility index (Phi) is 3.68. The van der Waals surface area contributed by atoms with E-state index in [1.807, 2.05) is 0 Å². The van der Waals surface area contributed by atoms with Gasteiger partial charge in [-0.15, -0.1) is 0 Å². The monoisotopic (exact) mass is 348 g/mol. The molecule has 0 saturated carbocycles. The number of benzene rings is 3. The first kappa shape index (κ1) is 16.3. The van der Waals surface area contributed by atoms with E-state index >= 15 is 0 Å². The minimum Gasteiger partial charge on any atom is -0.0877 e. The second-order valence-electron chi connectivity index (χ2n) is 7.78. The molecule has 3 aromatic rings. The normalized spacial score (nSPS) is 22.5. The number of rotatable bonds is 2. The van der Waals surface area contributed by atoms with Crippen LogP contribution in [-0.2, 0) is 11.8 Å². The molecule has 0 saturated heterocycles. The van der Waals surface area contributed by atoms with Crippen LogP contribution in [0, 0.1) is 12.8 Å². The molecule has 0 aliphatic heterocycles. The lowest BCUT2D eigenvalue weighted by molar-refractivity contribution is 0.499. The summed E-state index contributed by atoms with van der Waals surface area (Å²) in [7, 11) is 0. The highest BCUT2D eigenvalue weighted by Crippen LogP contribution is 2.60. The highest BCUT2D eigenvalue weighted by molar-refractivity contribution is 5.85. The molecule has 2 unspecified atom stereocenters. The molecule has 27 heavy (non-hydrogen) atoms. The summed E-state index contributed by atoms with van der Waals surface area (Å²) in [6, 6.07) is 25.1. The average molecular weight is 348 g/mol. The Morgan fingerprint density at radius 1 is 0.815 bits per heavy atom. The standard InChI is InChI=1S/C27H24/c1-3-4-5-11-21-18-20-10-6-8-13-24(20)27(21)25-14-9-7-12-22(25)23-16-15-19(2)17-26(23)27/h3-17,21H,18H2,1-2H3/b4-3-,11-5-. The summed E-state index contributed by atoms with van der Waals surface area (Å²) >= 11 is 0. The fraction of sp³-hybridized carbons (Fsp3) is 0.185. The zero-order valence-electron chi connectivity index (χ0n) is 15.9. The van der Waals surface area contributed by atoms with Gasteiger partial charge in [-0.1, -0.05) is 96.6 Å². The van der Waals surface area contributed by atoms with Gasteiger partial charge < -0.3 is 0 Å². The number of hydrogen-bond donors (Lipinski definition) is 0. The maximum absolute atomic E-state index is 2.42. The van der Waals surface area contributed by atoms with Gasteiger partial charge in [0.05, 0.1) is 5.41 Å². The Balaban J connectivity index is 1.88. The third kappa shape index (κ3) is 2.16. The lowest BCUT2D eigenvalue weighted by Crippen LogP contribution is -2.31. The quantitative estimate of drug-likeness (QED) is 0.457. The van der Waals surface area contributed by atoms with E-state index in [-0.39, 0.29) is 5.41 Å². The summed E-state index contributed by atoms with van der Waals surface area (Å²) in [6.07, 6.45) is 10.00. The Labute approximate surface area is 161 Å². The third-order valence-corrected chi connectivity index (χ3v) is 6.33. The number of hydrogen-bond acceptors (Lipinski definition) is 0. The van der Waals surface area contributed by atoms with E-state index in [1.165, 1.54) is 38.9 Å². The predicted molar refractivity (Wildman–Crippen MR) is 114 cm³/mol. The predicted octanol–water partition coefficient (Wildman–Crippen LogP) is 6.61. The molecular weight excluding hydrogens is 324 g/mol. The molecule has 0 radical (unpaired) electrons. The van der Waals surface area contributed by atoms with Gasteiger partial charge in [0.25, 0.3) is 0 Å². The summed E-state index contributed by atoms with van der Waals surface area (Å²) in [5, 5.41) is 0. The molecular formula is C27H24. The zero-order chi connectivity index (χ0) is 18.4. The largest absolute Gasteiger partial charge is 0.0877 e. The van der Waals surface area contributed by atoms with Crippen LogP contribution in [0.4, 0.5) is 0 Å². The van der Waals surface area contributed by atoms with Crippen LogP contribution in [-0.4, -0.2) is 0 Å². The molecule has 132 valence electrons. The molecule has 0 heterocycles. The molecule has 0 N–H and O–H groups in total. The van der Waals surface area contributed by atoms with Crippen LogP contribution < -0.4 is 0 Å². The van der Waals surface area contributed by atoms with Gasteiger partial charge in [0.2, 0.25) is 0 Å². The zero-order valence-corrected chi connectivity index (χ0v) is 15.9. The van der Waals surface area contributed by atoms with Crippen molar-refractivity contribution in [1.29, 1.82) is 0 Å². The third-order valence-electron chi connectivity index (χ3n) is 6.33. The van der Waals surface area contributed by atoms with Crippen LogP contribution in [0.1, 0.15) is 34.7 Å². The first-order valence-electron chi connectivity index (χ1n) is 9.85. The van der Waals surface area contributed by atoms with Crippen LogP contribution in [0.3, 0.4) is 0 Å². The molecule has 3 aromatic carbocycles. The van der Waals surface area contributed by atoms with Gasteiger partial charge in [0.15, 0.2) is 0 Å². The second kappa shape index (κ2) is 6.09. The molecule has 0 fully saturated rings. The lowest BCUT2D eigenvalue weighted by atomic mass is 9.67. The number of fused-ring (bicyclic) bond motifs is 7. The molecule has 2 aliphatic rings. The molecule has 2 aliphatic carbocycles. The second-order valence-corrected chi connectivity index (χ2v) is 7.78. The minimum atomic E-state index is -0.0768. The van der Waals surface area contributed by atoms with E-state index in [4.69, 9.17) is 0 Å².